The minimum absolute atomic E-state index is 0.0957. The topological polar surface area (TPSA) is 103 Å². The summed E-state index contributed by atoms with van der Waals surface area (Å²) in [4.78, 5) is 22.5. The highest BCUT2D eigenvalue weighted by Crippen LogP contribution is 2.33. The molecular formula is C15H11ClF3N3O5. The number of benzene rings is 1. The summed E-state index contributed by atoms with van der Waals surface area (Å²) in [5, 5.41) is 8.98. The summed E-state index contributed by atoms with van der Waals surface area (Å²) in [5.41, 5.74) is -0.673. The minimum atomic E-state index is -5.33. The number of carbonyl (C=O) groups excluding carboxylic acids is 2. The fourth-order valence-electron chi connectivity index (χ4n) is 1.91. The van der Waals surface area contributed by atoms with Crippen LogP contribution in [-0.4, -0.2) is 40.1 Å². The van der Waals surface area contributed by atoms with Gasteiger partial charge in [0.25, 0.3) is 5.88 Å². The van der Waals surface area contributed by atoms with Gasteiger partial charge in [-0.3, -0.25) is 0 Å². The molecule has 8 nitrogen and oxygen atoms in total. The number of halogens is 4. The zero-order valence-electron chi connectivity index (χ0n) is 13.4. The van der Waals surface area contributed by atoms with Crippen LogP contribution in [0.2, 0.25) is 5.02 Å². The molecule has 0 radical (unpaired) electrons. The van der Waals surface area contributed by atoms with Crippen LogP contribution in [0.25, 0.3) is 0 Å². The molecule has 144 valence electrons. The Morgan fingerprint density at radius 1 is 1.22 bits per heavy atom. The molecule has 0 amide bonds. The van der Waals surface area contributed by atoms with Gasteiger partial charge in [-0.15, -0.1) is 0 Å². The van der Waals surface area contributed by atoms with Crippen molar-refractivity contribution in [2.24, 2.45) is 5.92 Å². The van der Waals surface area contributed by atoms with E-state index >= 15 is 0 Å². The van der Waals surface area contributed by atoms with E-state index in [9.17, 15) is 22.8 Å². The van der Waals surface area contributed by atoms with Crippen LogP contribution in [0.4, 0.5) is 13.2 Å². The minimum Gasteiger partial charge on any atom is -0.493 e. The molecule has 0 saturated heterocycles. The summed E-state index contributed by atoms with van der Waals surface area (Å²) in [5.74, 6) is -3.82. The van der Waals surface area contributed by atoms with Gasteiger partial charge >= 0.3 is 18.1 Å². The van der Waals surface area contributed by atoms with Crippen molar-refractivity contribution in [3.05, 3.63) is 28.9 Å². The van der Waals surface area contributed by atoms with E-state index in [1.807, 2.05) is 5.10 Å². The first-order chi connectivity index (χ1) is 12.7. The van der Waals surface area contributed by atoms with E-state index in [0.29, 0.717) is 18.3 Å². The average molecular weight is 406 g/mol. The highest BCUT2D eigenvalue weighted by Gasteiger charge is 2.43. The van der Waals surface area contributed by atoms with E-state index in [4.69, 9.17) is 21.1 Å². The van der Waals surface area contributed by atoms with Crippen molar-refractivity contribution >= 4 is 23.5 Å². The smallest absolute Gasteiger partial charge is 0.491 e. The summed E-state index contributed by atoms with van der Waals surface area (Å²) in [6.45, 7) is 0.515. The molecule has 12 heteroatoms. The van der Waals surface area contributed by atoms with Gasteiger partial charge in [0.2, 0.25) is 5.69 Å². The summed E-state index contributed by atoms with van der Waals surface area (Å²) >= 11 is 5.98. The lowest BCUT2D eigenvalue weighted by Gasteiger charge is -2.09. The molecule has 0 aliphatic heterocycles. The number of alkyl halides is 3. The summed E-state index contributed by atoms with van der Waals surface area (Å²) in [6, 6.07) is 4.38. The van der Waals surface area contributed by atoms with Gasteiger partial charge in [0, 0.05) is 11.1 Å². The number of nitrogens with one attached hydrogen (secondary N) is 1. The molecule has 1 aliphatic rings. The molecule has 1 fully saturated rings. The number of esters is 2. The Morgan fingerprint density at radius 2 is 1.93 bits per heavy atom. The van der Waals surface area contributed by atoms with Gasteiger partial charge in [-0.25, -0.2) is 14.7 Å². The number of nitrogens with zero attached hydrogens (tertiary/aromatic N) is 2. The molecular weight excluding hydrogens is 395 g/mol. The highest BCUT2D eigenvalue weighted by atomic mass is 35.5. The van der Waals surface area contributed by atoms with Crippen LogP contribution >= 0.6 is 11.6 Å². The molecule has 1 saturated carbocycles. The number of carbonyl (C=O) groups is 2. The lowest BCUT2D eigenvalue weighted by molar-refractivity contribution is -0.193. The number of aromatic amines is 1. The molecule has 1 N–H and O–H groups in total. The SMILES string of the molecule is O=C(OC(=O)C(F)(F)F)c1[nH]nnc1Oc1cc(Cl)cc(OCC2CC2)c1. The fourth-order valence-corrected chi connectivity index (χ4v) is 2.12. The van der Waals surface area contributed by atoms with Gasteiger partial charge in [0.1, 0.15) is 11.5 Å². The normalized spacial score (nSPS) is 13.9. The molecule has 0 spiro atoms. The van der Waals surface area contributed by atoms with Gasteiger partial charge < -0.3 is 14.2 Å². The van der Waals surface area contributed by atoms with E-state index in [1.54, 1.807) is 6.07 Å². The third-order valence-electron chi connectivity index (χ3n) is 3.38. The Kier molecular flexibility index (Phi) is 5.22. The monoisotopic (exact) mass is 405 g/mol. The van der Waals surface area contributed by atoms with Crippen LogP contribution in [0.15, 0.2) is 18.2 Å². The second kappa shape index (κ2) is 7.43. The maximum absolute atomic E-state index is 12.2. The Hall–Kier alpha value is -2.82. The van der Waals surface area contributed by atoms with Crippen LogP contribution in [0, 0.1) is 5.92 Å². The predicted octanol–water partition coefficient (Wildman–Crippen LogP) is 3.28. The lowest BCUT2D eigenvalue weighted by Crippen LogP contribution is -2.28. The van der Waals surface area contributed by atoms with Gasteiger partial charge in [0.05, 0.1) is 6.61 Å². The molecule has 0 atom stereocenters. The molecule has 0 unspecified atom stereocenters. The third kappa shape index (κ3) is 5.09. The van der Waals surface area contributed by atoms with E-state index in [2.05, 4.69) is 15.0 Å². The van der Waals surface area contributed by atoms with Gasteiger partial charge in [-0.1, -0.05) is 21.9 Å². The number of aromatic nitrogens is 3. The summed E-state index contributed by atoms with van der Waals surface area (Å²) in [7, 11) is 0. The largest absolute Gasteiger partial charge is 0.493 e. The number of hydrogen-bond acceptors (Lipinski definition) is 7. The molecule has 3 rings (SSSR count). The first-order valence-electron chi connectivity index (χ1n) is 7.58. The fraction of sp³-hybridized carbons (Fsp3) is 0.333. The second-order valence-electron chi connectivity index (χ2n) is 5.65. The molecule has 1 heterocycles. The zero-order chi connectivity index (χ0) is 19.6. The highest BCUT2D eigenvalue weighted by molar-refractivity contribution is 6.30. The van der Waals surface area contributed by atoms with Crippen molar-refractivity contribution < 1.29 is 37.0 Å². The summed E-state index contributed by atoms with van der Waals surface area (Å²) in [6.07, 6.45) is -3.15. The van der Waals surface area contributed by atoms with Gasteiger partial charge in [-0.05, 0) is 30.9 Å². The number of hydrogen-bond donors (Lipinski definition) is 1. The molecule has 1 aromatic heterocycles. The van der Waals surface area contributed by atoms with Crippen molar-refractivity contribution in [2.75, 3.05) is 6.61 Å². The Morgan fingerprint density at radius 3 is 2.59 bits per heavy atom. The quantitative estimate of drug-likeness (QED) is 0.581. The van der Waals surface area contributed by atoms with E-state index in [-0.39, 0.29) is 10.8 Å². The maximum atomic E-state index is 12.2. The number of rotatable bonds is 6. The zero-order valence-corrected chi connectivity index (χ0v) is 14.1. The van der Waals surface area contributed by atoms with Crippen molar-refractivity contribution in [2.45, 2.75) is 19.0 Å². The van der Waals surface area contributed by atoms with Crippen LogP contribution in [-0.2, 0) is 9.53 Å². The predicted molar refractivity (Wildman–Crippen MR) is 82.6 cm³/mol. The molecule has 0 bridgehead atoms. The third-order valence-corrected chi connectivity index (χ3v) is 3.60. The molecule has 2 aromatic rings. The van der Waals surface area contributed by atoms with Crippen LogP contribution in [0.3, 0.4) is 0 Å². The van der Waals surface area contributed by atoms with Crippen molar-refractivity contribution in [1.29, 1.82) is 0 Å². The van der Waals surface area contributed by atoms with Crippen molar-refractivity contribution in [1.82, 2.24) is 15.4 Å². The Labute approximate surface area is 154 Å². The Balaban J connectivity index is 1.72. The van der Waals surface area contributed by atoms with Crippen molar-refractivity contribution in [3.63, 3.8) is 0 Å². The summed E-state index contributed by atoms with van der Waals surface area (Å²) < 4.78 is 51.2. The molecule has 1 aliphatic carbocycles. The Bertz CT molecular complexity index is 867. The number of H-pyrrole nitrogens is 1. The molecule has 27 heavy (non-hydrogen) atoms. The standard InChI is InChI=1S/C15H11ClF3N3O5/c16-8-3-9(25-6-7-1-2-7)5-10(4-8)26-12-11(20-22-21-12)13(23)27-14(24)15(17,18)19/h3-5,7H,1-2,6H2,(H,20,21,22). The van der Waals surface area contributed by atoms with Crippen LogP contribution < -0.4 is 9.47 Å². The van der Waals surface area contributed by atoms with Gasteiger partial charge in [0.15, 0.2) is 0 Å². The van der Waals surface area contributed by atoms with E-state index in [0.717, 1.165) is 12.8 Å². The van der Waals surface area contributed by atoms with Crippen molar-refractivity contribution in [3.8, 4) is 17.4 Å². The average Bonchev–Trinajstić information content (AvgIpc) is 3.29. The van der Waals surface area contributed by atoms with E-state index < -0.39 is 29.7 Å². The maximum Gasteiger partial charge on any atom is 0.491 e. The first kappa shape index (κ1) is 19.0. The van der Waals surface area contributed by atoms with Crippen LogP contribution in [0.5, 0.6) is 17.4 Å². The second-order valence-corrected chi connectivity index (χ2v) is 6.08. The van der Waals surface area contributed by atoms with Gasteiger partial charge in [-0.2, -0.15) is 13.2 Å². The van der Waals surface area contributed by atoms with E-state index in [1.165, 1.54) is 12.1 Å². The first-order valence-corrected chi connectivity index (χ1v) is 7.96. The molecule has 1 aromatic carbocycles. The van der Waals surface area contributed by atoms with Crippen LogP contribution in [0.1, 0.15) is 23.3 Å². The number of ether oxygens (including phenoxy) is 3. The lowest BCUT2D eigenvalue weighted by atomic mass is 10.3.